The average Bonchev–Trinajstić information content (AvgIpc) is 3.02. The average molecular weight is 349 g/mol. The summed E-state index contributed by atoms with van der Waals surface area (Å²) in [5.41, 5.74) is 0.982. The molecule has 3 heterocycles. The van der Waals surface area contributed by atoms with Crippen molar-refractivity contribution < 1.29 is 4.79 Å². The molecule has 1 saturated heterocycles. The van der Waals surface area contributed by atoms with Crippen LogP contribution in [0.2, 0.25) is 5.02 Å². The van der Waals surface area contributed by atoms with E-state index in [2.05, 4.69) is 25.2 Å². The molecule has 1 aliphatic rings. The topological polar surface area (TPSA) is 77.2 Å². The molecule has 0 aromatic carbocycles. The van der Waals surface area contributed by atoms with Crippen LogP contribution in [0.25, 0.3) is 0 Å². The summed E-state index contributed by atoms with van der Waals surface area (Å²) in [4.78, 5) is 28.1. The largest absolute Gasteiger partial charge is 0.353 e. The third kappa shape index (κ3) is 3.79. The number of anilines is 1. The van der Waals surface area contributed by atoms with E-state index in [0.29, 0.717) is 18.1 Å². The van der Waals surface area contributed by atoms with E-state index in [9.17, 15) is 4.79 Å². The molecule has 3 rings (SSSR count). The first-order valence-corrected chi connectivity index (χ1v) is 8.34. The van der Waals surface area contributed by atoms with Crippen molar-refractivity contribution >= 4 is 23.4 Å². The highest BCUT2D eigenvalue weighted by molar-refractivity contribution is 6.30. The first kappa shape index (κ1) is 16.6. The summed E-state index contributed by atoms with van der Waals surface area (Å²) in [6.07, 6.45) is 3.40. The molecule has 8 heteroatoms. The minimum atomic E-state index is -0.151. The van der Waals surface area contributed by atoms with E-state index in [-0.39, 0.29) is 12.1 Å². The van der Waals surface area contributed by atoms with Gasteiger partial charge in [0.25, 0.3) is 0 Å². The van der Waals surface area contributed by atoms with Crippen molar-refractivity contribution in [3.05, 3.63) is 41.1 Å². The second-order valence-corrected chi connectivity index (χ2v) is 6.37. The summed E-state index contributed by atoms with van der Waals surface area (Å²) in [5, 5.41) is 3.61. The smallest absolute Gasteiger partial charge is 0.318 e. The molecule has 1 aliphatic heterocycles. The normalized spacial score (nSPS) is 16.1. The Morgan fingerprint density at radius 1 is 1.25 bits per heavy atom. The maximum absolute atomic E-state index is 12.4. The molecule has 2 N–H and O–H groups in total. The van der Waals surface area contributed by atoms with Crippen LogP contribution in [0, 0.1) is 6.92 Å². The molecule has 2 aromatic heterocycles. The standard InChI is InChI=1S/C16H21ClN6O/c1-11-9-19-15(20-11)12(2)21-16(24)23-7-5-22(6-8-23)14-4-3-13(17)10-18-14/h3-4,9-10,12H,5-8H2,1-2H3,(H,19,20)(H,21,24). The van der Waals surface area contributed by atoms with Crippen LogP contribution in [0.4, 0.5) is 10.6 Å². The zero-order valence-corrected chi connectivity index (χ0v) is 14.5. The number of halogens is 1. The third-order valence-corrected chi connectivity index (χ3v) is 4.30. The van der Waals surface area contributed by atoms with E-state index < -0.39 is 0 Å². The molecule has 1 atom stereocenters. The van der Waals surface area contributed by atoms with Gasteiger partial charge in [-0.15, -0.1) is 0 Å². The summed E-state index contributed by atoms with van der Waals surface area (Å²) < 4.78 is 0. The Kier molecular flexibility index (Phi) is 4.89. The maximum Gasteiger partial charge on any atom is 0.318 e. The summed E-state index contributed by atoms with van der Waals surface area (Å²) in [7, 11) is 0. The molecule has 0 radical (unpaired) electrons. The van der Waals surface area contributed by atoms with E-state index in [1.54, 1.807) is 12.4 Å². The quantitative estimate of drug-likeness (QED) is 0.892. The van der Waals surface area contributed by atoms with Gasteiger partial charge in [0.15, 0.2) is 0 Å². The van der Waals surface area contributed by atoms with Gasteiger partial charge in [-0.05, 0) is 26.0 Å². The van der Waals surface area contributed by atoms with Gasteiger partial charge in [0, 0.05) is 44.3 Å². The lowest BCUT2D eigenvalue weighted by Crippen LogP contribution is -2.52. The fourth-order valence-corrected chi connectivity index (χ4v) is 2.80. The highest BCUT2D eigenvalue weighted by atomic mass is 35.5. The molecule has 24 heavy (non-hydrogen) atoms. The number of aromatic amines is 1. The Balaban J connectivity index is 1.52. The van der Waals surface area contributed by atoms with Gasteiger partial charge >= 0.3 is 6.03 Å². The maximum atomic E-state index is 12.4. The van der Waals surface area contributed by atoms with E-state index in [1.807, 2.05) is 30.9 Å². The van der Waals surface area contributed by atoms with E-state index in [0.717, 1.165) is 30.4 Å². The number of hydrogen-bond donors (Lipinski definition) is 2. The van der Waals surface area contributed by atoms with Gasteiger partial charge in [-0.25, -0.2) is 14.8 Å². The van der Waals surface area contributed by atoms with Crippen LogP contribution < -0.4 is 10.2 Å². The highest BCUT2D eigenvalue weighted by Crippen LogP contribution is 2.16. The van der Waals surface area contributed by atoms with Gasteiger partial charge in [-0.2, -0.15) is 0 Å². The van der Waals surface area contributed by atoms with Crippen LogP contribution in [0.15, 0.2) is 24.5 Å². The number of pyridine rings is 1. The number of carbonyl (C=O) groups is 1. The molecule has 1 unspecified atom stereocenters. The lowest BCUT2D eigenvalue weighted by molar-refractivity contribution is 0.190. The zero-order chi connectivity index (χ0) is 17.1. The monoisotopic (exact) mass is 348 g/mol. The number of urea groups is 1. The predicted molar refractivity (Wildman–Crippen MR) is 93.3 cm³/mol. The number of imidazole rings is 1. The minimum Gasteiger partial charge on any atom is -0.353 e. The van der Waals surface area contributed by atoms with Gasteiger partial charge in [-0.3, -0.25) is 0 Å². The van der Waals surface area contributed by atoms with Crippen LogP contribution in [-0.2, 0) is 0 Å². The molecule has 7 nitrogen and oxygen atoms in total. The van der Waals surface area contributed by atoms with Crippen molar-refractivity contribution in [2.45, 2.75) is 19.9 Å². The van der Waals surface area contributed by atoms with Gasteiger partial charge in [0.2, 0.25) is 0 Å². The summed E-state index contributed by atoms with van der Waals surface area (Å²) in [5.74, 6) is 1.66. The third-order valence-electron chi connectivity index (χ3n) is 4.08. The number of H-pyrrole nitrogens is 1. The number of nitrogens with zero attached hydrogens (tertiary/aromatic N) is 4. The van der Waals surface area contributed by atoms with Crippen molar-refractivity contribution in [3.8, 4) is 0 Å². The van der Waals surface area contributed by atoms with Crippen LogP contribution in [0.5, 0.6) is 0 Å². The first-order valence-electron chi connectivity index (χ1n) is 7.96. The summed E-state index contributed by atoms with van der Waals surface area (Å²) in [6.45, 7) is 6.66. The molecule has 128 valence electrons. The molecule has 0 spiro atoms. The Morgan fingerprint density at radius 2 is 2.00 bits per heavy atom. The van der Waals surface area contributed by atoms with Crippen molar-refractivity contribution in [1.29, 1.82) is 0 Å². The van der Waals surface area contributed by atoms with E-state index in [1.165, 1.54) is 0 Å². The molecular weight excluding hydrogens is 328 g/mol. The van der Waals surface area contributed by atoms with E-state index >= 15 is 0 Å². The molecule has 1 fully saturated rings. The van der Waals surface area contributed by atoms with Crippen LogP contribution in [-0.4, -0.2) is 52.1 Å². The fourth-order valence-electron chi connectivity index (χ4n) is 2.69. The predicted octanol–water partition coefficient (Wildman–Crippen LogP) is 2.36. The van der Waals surface area contributed by atoms with Crippen LogP contribution in [0.1, 0.15) is 24.5 Å². The number of aromatic nitrogens is 3. The second-order valence-electron chi connectivity index (χ2n) is 5.93. The van der Waals surface area contributed by atoms with Crippen molar-refractivity contribution in [2.75, 3.05) is 31.1 Å². The second kappa shape index (κ2) is 7.09. The van der Waals surface area contributed by atoms with Crippen molar-refractivity contribution in [3.63, 3.8) is 0 Å². The Morgan fingerprint density at radius 3 is 2.58 bits per heavy atom. The first-order chi connectivity index (χ1) is 11.5. The summed E-state index contributed by atoms with van der Waals surface area (Å²) >= 11 is 5.87. The van der Waals surface area contributed by atoms with Gasteiger partial charge in [0.05, 0.1) is 11.1 Å². The number of hydrogen-bond acceptors (Lipinski definition) is 4. The van der Waals surface area contributed by atoms with Gasteiger partial charge in [-0.1, -0.05) is 11.6 Å². The Hall–Kier alpha value is -2.28. The number of piperazine rings is 1. The van der Waals surface area contributed by atoms with Crippen molar-refractivity contribution in [1.82, 2.24) is 25.2 Å². The Bertz CT molecular complexity index is 693. The number of carbonyl (C=O) groups excluding carboxylic acids is 1. The highest BCUT2D eigenvalue weighted by Gasteiger charge is 2.23. The molecule has 0 bridgehead atoms. The lowest BCUT2D eigenvalue weighted by Gasteiger charge is -2.35. The molecule has 0 saturated carbocycles. The molecule has 2 amide bonds. The number of rotatable bonds is 3. The fraction of sp³-hybridized carbons (Fsp3) is 0.438. The number of nitrogens with one attached hydrogen (secondary N) is 2. The SMILES string of the molecule is Cc1cnc(C(C)NC(=O)N2CCN(c3ccc(Cl)cn3)CC2)[nH]1. The van der Waals surface area contributed by atoms with Crippen LogP contribution >= 0.6 is 11.6 Å². The number of aryl methyl sites for hydroxylation is 1. The van der Waals surface area contributed by atoms with Gasteiger partial charge in [0.1, 0.15) is 11.6 Å². The minimum absolute atomic E-state index is 0.0692. The molecule has 2 aromatic rings. The zero-order valence-electron chi connectivity index (χ0n) is 13.8. The Labute approximate surface area is 146 Å². The van der Waals surface area contributed by atoms with Crippen LogP contribution in [0.3, 0.4) is 0 Å². The van der Waals surface area contributed by atoms with E-state index in [4.69, 9.17) is 11.6 Å². The summed E-state index contributed by atoms with van der Waals surface area (Å²) in [6, 6.07) is 3.51. The lowest BCUT2D eigenvalue weighted by atomic mass is 10.3. The molecule has 0 aliphatic carbocycles. The molecular formula is C16H21ClN6O. The number of amides is 2. The van der Waals surface area contributed by atoms with Crippen molar-refractivity contribution in [2.24, 2.45) is 0 Å². The van der Waals surface area contributed by atoms with Gasteiger partial charge < -0.3 is 20.1 Å².